The van der Waals surface area contributed by atoms with Crippen LogP contribution in [0.1, 0.15) is 5.82 Å². The molecule has 1 aliphatic rings. The van der Waals surface area contributed by atoms with Gasteiger partial charge in [0, 0.05) is 23.6 Å². The van der Waals surface area contributed by atoms with Crippen LogP contribution in [0.4, 0.5) is 11.4 Å². The number of benzene rings is 2. The fourth-order valence-electron chi connectivity index (χ4n) is 2.90. The van der Waals surface area contributed by atoms with Gasteiger partial charge >= 0.3 is 0 Å². The van der Waals surface area contributed by atoms with E-state index >= 15 is 0 Å². The summed E-state index contributed by atoms with van der Waals surface area (Å²) in [7, 11) is 0. The third-order valence-electron chi connectivity index (χ3n) is 4.09. The quantitative estimate of drug-likeness (QED) is 0.675. The predicted octanol–water partition coefficient (Wildman–Crippen LogP) is 3.04. The summed E-state index contributed by atoms with van der Waals surface area (Å²) in [4.78, 5) is 20.2. The van der Waals surface area contributed by atoms with Gasteiger partial charge in [0.25, 0.3) is 5.91 Å². The van der Waals surface area contributed by atoms with Crippen LogP contribution in [0.3, 0.4) is 0 Å². The Labute approximate surface area is 142 Å². The third kappa shape index (κ3) is 2.31. The smallest absolute Gasteiger partial charge is 0.251 e. The van der Waals surface area contributed by atoms with Gasteiger partial charge in [-0.25, -0.2) is 4.98 Å². The molecule has 0 bridgehead atoms. The number of amides is 1. The molecule has 0 spiro atoms. The molecule has 0 fully saturated rings. The molecular weight excluding hydrogens is 322 g/mol. The number of imidazole rings is 1. The molecule has 0 N–H and O–H groups in total. The lowest BCUT2D eigenvalue weighted by molar-refractivity contribution is -0.118. The van der Waals surface area contributed by atoms with Crippen molar-refractivity contribution in [2.24, 2.45) is 0 Å². The summed E-state index contributed by atoms with van der Waals surface area (Å²) in [5.41, 5.74) is 1.36. The summed E-state index contributed by atoms with van der Waals surface area (Å²) < 4.78 is 14.6. The molecule has 1 aliphatic heterocycles. The second-order valence-corrected chi connectivity index (χ2v) is 6.95. The highest BCUT2D eigenvalue weighted by Gasteiger charge is 2.36. The van der Waals surface area contributed by atoms with E-state index in [1.54, 1.807) is 21.9 Å². The summed E-state index contributed by atoms with van der Waals surface area (Å²) in [6, 6.07) is 14.7. The molecule has 0 saturated heterocycles. The van der Waals surface area contributed by atoms with Crippen LogP contribution < -0.4 is 4.90 Å². The normalized spacial score (nSPS) is 13.5. The van der Waals surface area contributed by atoms with Gasteiger partial charge in [-0.05, 0) is 31.2 Å². The van der Waals surface area contributed by atoms with Gasteiger partial charge in [0.15, 0.2) is 9.79 Å². The first kappa shape index (κ1) is 15.0. The predicted molar refractivity (Wildman–Crippen MR) is 91.7 cm³/mol. The van der Waals surface area contributed by atoms with Crippen LogP contribution in [0.15, 0.2) is 70.7 Å². The van der Waals surface area contributed by atoms with Gasteiger partial charge in [-0.15, -0.1) is 0 Å². The van der Waals surface area contributed by atoms with Crippen LogP contribution in [0.2, 0.25) is 0 Å². The average Bonchev–Trinajstić information content (AvgIpc) is 3.00. The van der Waals surface area contributed by atoms with E-state index in [-0.39, 0.29) is 12.5 Å². The Bertz CT molecular complexity index is 874. The highest BCUT2D eigenvalue weighted by molar-refractivity contribution is 7.92. The van der Waals surface area contributed by atoms with Gasteiger partial charge in [0.2, 0.25) is 0 Å². The molecule has 0 radical (unpaired) electrons. The zero-order chi connectivity index (χ0) is 16.7. The van der Waals surface area contributed by atoms with Crippen LogP contribution in [0, 0.1) is 6.92 Å². The number of carbonyl (C=O) groups excluding carboxylic acids is 1. The van der Waals surface area contributed by atoms with Crippen LogP contribution in [-0.4, -0.2) is 20.0 Å². The molecule has 4 rings (SSSR count). The van der Waals surface area contributed by atoms with Crippen LogP contribution in [0.5, 0.6) is 0 Å². The molecule has 24 heavy (non-hydrogen) atoms. The number of aromatic nitrogens is 2. The maximum atomic E-state index is 13.0. The van der Waals surface area contributed by atoms with E-state index in [1.807, 2.05) is 55.5 Å². The molecule has 3 aromatic rings. The molecule has 0 aliphatic carbocycles. The second kappa shape index (κ2) is 5.81. The zero-order valence-electron chi connectivity index (χ0n) is 13.0. The number of hydrogen-bond acceptors (Lipinski definition) is 3. The maximum absolute atomic E-state index is 13.0. The van der Waals surface area contributed by atoms with E-state index in [4.69, 9.17) is 0 Å². The maximum Gasteiger partial charge on any atom is 0.251 e. The lowest BCUT2D eigenvalue weighted by Crippen LogP contribution is -2.34. The number of anilines is 2. The lowest BCUT2D eigenvalue weighted by Gasteiger charge is -2.31. The van der Waals surface area contributed by atoms with Gasteiger partial charge in [-0.3, -0.25) is 9.69 Å². The van der Waals surface area contributed by atoms with Crippen molar-refractivity contribution >= 4 is 28.5 Å². The molecule has 5 nitrogen and oxygen atoms in total. The van der Waals surface area contributed by atoms with Crippen LogP contribution in [0.25, 0.3) is 0 Å². The summed E-state index contributed by atoms with van der Waals surface area (Å²) in [5.74, 6) is 0.693. The molecular formula is C18H15N3O2S. The minimum Gasteiger partial charge on any atom is -0.606 e. The highest BCUT2D eigenvalue weighted by Crippen LogP contribution is 2.43. The Morgan fingerprint density at radius 2 is 1.67 bits per heavy atom. The van der Waals surface area contributed by atoms with Gasteiger partial charge in [0.1, 0.15) is 23.7 Å². The van der Waals surface area contributed by atoms with E-state index in [1.165, 1.54) is 0 Å². The number of fused-ring (bicyclic) bond motifs is 2. The Hall–Kier alpha value is -2.57. The first-order chi connectivity index (χ1) is 11.7. The van der Waals surface area contributed by atoms with Crippen molar-refractivity contribution < 1.29 is 9.35 Å². The molecule has 0 saturated carbocycles. The van der Waals surface area contributed by atoms with E-state index in [0.717, 1.165) is 5.82 Å². The first-order valence-electron chi connectivity index (χ1n) is 7.57. The number of rotatable bonds is 2. The van der Waals surface area contributed by atoms with Crippen molar-refractivity contribution in [3.8, 4) is 0 Å². The van der Waals surface area contributed by atoms with Crippen molar-refractivity contribution in [2.75, 3.05) is 4.90 Å². The summed E-state index contributed by atoms with van der Waals surface area (Å²) >= 11 is -1.28. The van der Waals surface area contributed by atoms with Gasteiger partial charge in [0.05, 0.1) is 0 Å². The average molecular weight is 337 g/mol. The second-order valence-electron chi connectivity index (χ2n) is 5.54. The Kier molecular flexibility index (Phi) is 3.63. The van der Waals surface area contributed by atoms with Crippen LogP contribution >= 0.6 is 0 Å². The summed E-state index contributed by atoms with van der Waals surface area (Å²) in [6.07, 6.45) is 3.46. The van der Waals surface area contributed by atoms with E-state index in [2.05, 4.69) is 4.98 Å². The molecule has 2 heterocycles. The number of nitrogens with zero attached hydrogens (tertiary/aromatic N) is 3. The van der Waals surface area contributed by atoms with Crippen molar-refractivity contribution in [3.63, 3.8) is 0 Å². The molecule has 120 valence electrons. The number of carbonyl (C=O) groups is 1. The fraction of sp³-hybridized carbons (Fsp3) is 0.111. The largest absolute Gasteiger partial charge is 0.606 e. The number of aryl methyl sites for hydroxylation is 1. The Morgan fingerprint density at radius 1 is 1.08 bits per heavy atom. The standard InChI is InChI=1S/C18H15N3O2S/c1-13-19-10-11-20(13)12-18(22)21-14-6-2-4-8-16(14)24(23)17-9-5-3-7-15(17)21/h2-11H,12H2,1H3. The monoisotopic (exact) mass is 337 g/mol. The van der Waals surface area contributed by atoms with E-state index in [9.17, 15) is 9.35 Å². The molecule has 6 heteroatoms. The topological polar surface area (TPSA) is 61.2 Å². The Balaban J connectivity index is 1.81. The number of para-hydroxylation sites is 2. The molecule has 0 atom stereocenters. The lowest BCUT2D eigenvalue weighted by atomic mass is 10.2. The van der Waals surface area contributed by atoms with Crippen molar-refractivity contribution in [2.45, 2.75) is 23.3 Å². The van der Waals surface area contributed by atoms with Gasteiger partial charge in [-0.2, -0.15) is 0 Å². The van der Waals surface area contributed by atoms with Gasteiger partial charge in [-0.1, -0.05) is 24.3 Å². The minimum absolute atomic E-state index is 0.0901. The Morgan fingerprint density at radius 3 is 2.21 bits per heavy atom. The molecule has 2 aromatic carbocycles. The van der Waals surface area contributed by atoms with Crippen molar-refractivity contribution in [3.05, 3.63) is 66.7 Å². The van der Waals surface area contributed by atoms with Crippen molar-refractivity contribution in [1.82, 2.24) is 9.55 Å². The first-order valence-corrected chi connectivity index (χ1v) is 8.72. The molecule has 1 aromatic heterocycles. The van der Waals surface area contributed by atoms with Crippen LogP contribution in [-0.2, 0) is 22.5 Å². The van der Waals surface area contributed by atoms with Gasteiger partial charge < -0.3 is 9.12 Å². The SMILES string of the molecule is Cc1nccn1CC(=O)N1c2ccccc2[S+]([O-])c2ccccc21. The third-order valence-corrected chi connectivity index (χ3v) is 5.58. The fourth-order valence-corrected chi connectivity index (χ4v) is 4.24. The minimum atomic E-state index is -1.28. The number of hydrogen-bond donors (Lipinski definition) is 0. The molecule has 1 amide bonds. The zero-order valence-corrected chi connectivity index (χ0v) is 13.9. The van der Waals surface area contributed by atoms with E-state index < -0.39 is 11.2 Å². The van der Waals surface area contributed by atoms with E-state index in [0.29, 0.717) is 21.2 Å². The summed E-state index contributed by atoms with van der Waals surface area (Å²) in [5, 5.41) is 0. The molecule has 0 unspecified atom stereocenters. The summed E-state index contributed by atoms with van der Waals surface area (Å²) in [6.45, 7) is 2.04. The van der Waals surface area contributed by atoms with Crippen molar-refractivity contribution in [1.29, 1.82) is 0 Å². The highest BCUT2D eigenvalue weighted by atomic mass is 32.2.